The highest BCUT2D eigenvalue weighted by atomic mass is 79.9. The Morgan fingerprint density at radius 1 is 1.28 bits per heavy atom. The van der Waals surface area contributed by atoms with E-state index in [-0.39, 0.29) is 5.75 Å². The van der Waals surface area contributed by atoms with Crippen molar-refractivity contribution in [2.45, 2.75) is 6.54 Å². The molecule has 0 bridgehead atoms. The smallest absolute Gasteiger partial charge is 0.152 e. The minimum absolute atomic E-state index is 0.186. The van der Waals surface area contributed by atoms with E-state index >= 15 is 0 Å². The average Bonchev–Trinajstić information content (AvgIpc) is 2.34. The Labute approximate surface area is 123 Å². The van der Waals surface area contributed by atoms with E-state index in [2.05, 4.69) is 26.2 Å². The maximum absolute atomic E-state index is 9.68. The number of benzene rings is 1. The maximum atomic E-state index is 9.68. The van der Waals surface area contributed by atoms with Gasteiger partial charge in [0.25, 0.3) is 0 Å². The summed E-state index contributed by atoms with van der Waals surface area (Å²) in [6, 6.07) is 6.70. The summed E-state index contributed by atoms with van der Waals surface area (Å²) in [6.07, 6.45) is 1.62. The third-order valence-electron chi connectivity index (χ3n) is 2.32. The lowest BCUT2D eigenvalue weighted by Gasteiger charge is -2.09. The summed E-state index contributed by atoms with van der Waals surface area (Å²) in [5.41, 5.74) is 1.38. The van der Waals surface area contributed by atoms with E-state index in [9.17, 15) is 5.11 Å². The highest BCUT2D eigenvalue weighted by molar-refractivity contribution is 9.10. The van der Waals surface area contributed by atoms with Crippen LogP contribution in [0.5, 0.6) is 5.75 Å². The molecule has 94 valence electrons. The second kappa shape index (κ2) is 5.78. The van der Waals surface area contributed by atoms with Crippen molar-refractivity contribution in [3.63, 3.8) is 0 Å². The summed E-state index contributed by atoms with van der Waals surface area (Å²) < 4.78 is 0.824. The second-order valence-corrected chi connectivity index (χ2v) is 5.33. The number of hydrogen-bond acceptors (Lipinski definition) is 3. The van der Waals surface area contributed by atoms with Crippen LogP contribution < -0.4 is 5.32 Å². The predicted octanol–water partition coefficient (Wildman–Crippen LogP) is 4.47. The van der Waals surface area contributed by atoms with Gasteiger partial charge in [-0.25, -0.2) is 4.98 Å². The number of rotatable bonds is 3. The van der Waals surface area contributed by atoms with Crippen molar-refractivity contribution in [2.24, 2.45) is 0 Å². The van der Waals surface area contributed by atoms with Crippen LogP contribution in [0.3, 0.4) is 0 Å². The standard InChI is InChI=1S/C12H9BrCl2N2O/c13-8-4-10(12(15)17-6-8)16-5-7-3-9(14)1-2-11(7)18/h1-4,6,16,18H,5H2. The van der Waals surface area contributed by atoms with Gasteiger partial charge in [0.05, 0.1) is 5.69 Å². The number of anilines is 1. The average molecular weight is 348 g/mol. The molecule has 0 fully saturated rings. The van der Waals surface area contributed by atoms with Gasteiger partial charge in [-0.05, 0) is 40.2 Å². The molecule has 0 saturated carbocycles. The monoisotopic (exact) mass is 346 g/mol. The molecule has 0 unspecified atom stereocenters. The summed E-state index contributed by atoms with van der Waals surface area (Å²) in [4.78, 5) is 4.00. The Hall–Kier alpha value is -0.970. The van der Waals surface area contributed by atoms with Gasteiger partial charge in [0.2, 0.25) is 0 Å². The molecule has 0 aliphatic carbocycles. The summed E-state index contributed by atoms with van der Waals surface area (Å²) in [6.45, 7) is 0.407. The fourth-order valence-electron chi connectivity index (χ4n) is 1.43. The normalized spacial score (nSPS) is 10.4. The number of aromatic hydroxyl groups is 1. The number of aromatic nitrogens is 1. The summed E-state index contributed by atoms with van der Waals surface area (Å²) in [5.74, 6) is 0.186. The van der Waals surface area contributed by atoms with Crippen molar-refractivity contribution >= 4 is 44.8 Å². The van der Waals surface area contributed by atoms with E-state index in [1.54, 1.807) is 24.4 Å². The van der Waals surface area contributed by atoms with E-state index in [1.165, 1.54) is 0 Å². The first-order valence-electron chi connectivity index (χ1n) is 5.08. The van der Waals surface area contributed by atoms with Crippen LogP contribution in [0.15, 0.2) is 34.9 Å². The maximum Gasteiger partial charge on any atom is 0.152 e. The van der Waals surface area contributed by atoms with E-state index in [0.29, 0.717) is 28.0 Å². The van der Waals surface area contributed by atoms with Gasteiger partial charge >= 0.3 is 0 Å². The molecule has 0 spiro atoms. The lowest BCUT2D eigenvalue weighted by molar-refractivity contribution is 0.469. The molecule has 18 heavy (non-hydrogen) atoms. The first-order chi connectivity index (χ1) is 8.56. The number of pyridine rings is 1. The van der Waals surface area contributed by atoms with Crippen molar-refractivity contribution in [3.05, 3.63) is 50.7 Å². The van der Waals surface area contributed by atoms with E-state index in [0.717, 1.165) is 4.47 Å². The predicted molar refractivity (Wildman–Crippen MR) is 77.4 cm³/mol. The van der Waals surface area contributed by atoms with Crippen LogP contribution in [0.25, 0.3) is 0 Å². The molecule has 0 atom stereocenters. The van der Waals surface area contributed by atoms with Crippen molar-refractivity contribution in [1.82, 2.24) is 4.98 Å². The van der Waals surface area contributed by atoms with Crippen LogP contribution in [0.2, 0.25) is 10.2 Å². The molecule has 2 rings (SSSR count). The zero-order valence-electron chi connectivity index (χ0n) is 9.12. The number of hydrogen-bond donors (Lipinski definition) is 2. The zero-order valence-corrected chi connectivity index (χ0v) is 12.2. The highest BCUT2D eigenvalue weighted by Gasteiger charge is 2.05. The lowest BCUT2D eigenvalue weighted by Crippen LogP contribution is -2.01. The first kappa shape index (κ1) is 13.5. The molecule has 1 aromatic carbocycles. The van der Waals surface area contributed by atoms with Crippen LogP contribution in [0.1, 0.15) is 5.56 Å². The molecule has 0 aliphatic heterocycles. The third kappa shape index (κ3) is 3.28. The summed E-state index contributed by atoms with van der Waals surface area (Å²) in [5, 5.41) is 13.7. The number of phenols is 1. The fourth-order valence-corrected chi connectivity index (χ4v) is 2.13. The van der Waals surface area contributed by atoms with Crippen LogP contribution >= 0.6 is 39.1 Å². The number of halogens is 3. The van der Waals surface area contributed by atoms with Crippen LogP contribution in [-0.4, -0.2) is 10.1 Å². The molecule has 2 aromatic rings. The molecule has 0 amide bonds. The Morgan fingerprint density at radius 3 is 2.83 bits per heavy atom. The molecular weight excluding hydrogens is 339 g/mol. The largest absolute Gasteiger partial charge is 0.508 e. The van der Waals surface area contributed by atoms with E-state index < -0.39 is 0 Å². The van der Waals surface area contributed by atoms with Crippen LogP contribution in [0, 0.1) is 0 Å². The Kier molecular flexibility index (Phi) is 4.32. The summed E-state index contributed by atoms with van der Waals surface area (Å²) >= 11 is 15.1. The topological polar surface area (TPSA) is 45.1 Å². The van der Waals surface area contributed by atoms with Gasteiger partial charge < -0.3 is 10.4 Å². The minimum Gasteiger partial charge on any atom is -0.508 e. The van der Waals surface area contributed by atoms with Gasteiger partial charge in [-0.3, -0.25) is 0 Å². The molecule has 0 radical (unpaired) electrons. The van der Waals surface area contributed by atoms with Crippen molar-refractivity contribution in [2.75, 3.05) is 5.32 Å². The number of phenolic OH excluding ortho intramolecular Hbond substituents is 1. The van der Waals surface area contributed by atoms with Crippen LogP contribution in [-0.2, 0) is 6.54 Å². The quantitative estimate of drug-likeness (QED) is 0.805. The zero-order chi connectivity index (χ0) is 13.1. The SMILES string of the molecule is Oc1ccc(Cl)cc1CNc1cc(Br)cnc1Cl. The Bertz CT molecular complexity index is 526. The molecule has 3 nitrogen and oxygen atoms in total. The molecule has 6 heteroatoms. The third-order valence-corrected chi connectivity index (χ3v) is 3.29. The van der Waals surface area contributed by atoms with Gasteiger partial charge in [0.15, 0.2) is 5.15 Å². The van der Waals surface area contributed by atoms with Crippen LogP contribution in [0.4, 0.5) is 5.69 Å². The molecular formula is C12H9BrCl2N2O. The van der Waals surface area contributed by atoms with Crippen molar-refractivity contribution in [3.8, 4) is 5.75 Å². The minimum atomic E-state index is 0.186. The van der Waals surface area contributed by atoms with E-state index in [4.69, 9.17) is 23.2 Å². The van der Waals surface area contributed by atoms with Gasteiger partial charge in [0.1, 0.15) is 5.75 Å². The Morgan fingerprint density at radius 2 is 2.06 bits per heavy atom. The molecule has 1 aromatic heterocycles. The summed E-state index contributed by atoms with van der Waals surface area (Å²) in [7, 11) is 0. The highest BCUT2D eigenvalue weighted by Crippen LogP contribution is 2.26. The van der Waals surface area contributed by atoms with Crippen molar-refractivity contribution < 1.29 is 5.11 Å². The lowest BCUT2D eigenvalue weighted by atomic mass is 10.2. The van der Waals surface area contributed by atoms with E-state index in [1.807, 2.05) is 6.07 Å². The van der Waals surface area contributed by atoms with Gasteiger partial charge in [-0.15, -0.1) is 0 Å². The Balaban J connectivity index is 2.16. The van der Waals surface area contributed by atoms with Gasteiger partial charge in [-0.2, -0.15) is 0 Å². The second-order valence-electron chi connectivity index (χ2n) is 3.62. The number of nitrogens with one attached hydrogen (secondary N) is 1. The first-order valence-corrected chi connectivity index (χ1v) is 6.63. The molecule has 0 aliphatic rings. The molecule has 0 saturated heterocycles. The molecule has 1 heterocycles. The fraction of sp³-hybridized carbons (Fsp3) is 0.0833. The number of nitrogens with zero attached hydrogens (tertiary/aromatic N) is 1. The van der Waals surface area contributed by atoms with Gasteiger partial charge in [0, 0.05) is 27.8 Å². The van der Waals surface area contributed by atoms with Gasteiger partial charge in [-0.1, -0.05) is 23.2 Å². The molecule has 2 N–H and O–H groups in total. The van der Waals surface area contributed by atoms with Crippen molar-refractivity contribution in [1.29, 1.82) is 0 Å².